The number of aromatic amines is 1. The summed E-state index contributed by atoms with van der Waals surface area (Å²) in [6.07, 6.45) is 3.36. The number of aryl methyl sites for hydroxylation is 1. The minimum Gasteiger partial charge on any atom is -0.343 e. The van der Waals surface area contributed by atoms with Crippen LogP contribution < -0.4 is 5.32 Å². The molecule has 1 heterocycles. The summed E-state index contributed by atoms with van der Waals surface area (Å²) in [4.78, 5) is 19.8. The first-order chi connectivity index (χ1) is 11.1. The summed E-state index contributed by atoms with van der Waals surface area (Å²) in [6, 6.07) is 15.6. The Bertz CT molecular complexity index is 831. The van der Waals surface area contributed by atoms with E-state index in [9.17, 15) is 4.79 Å². The average Bonchev–Trinajstić information content (AvgIpc) is 2.97. The van der Waals surface area contributed by atoms with Gasteiger partial charge in [0.15, 0.2) is 0 Å². The molecule has 1 aromatic heterocycles. The van der Waals surface area contributed by atoms with Gasteiger partial charge in [0.25, 0.3) is 0 Å². The zero-order valence-corrected chi connectivity index (χ0v) is 13.2. The molecule has 3 rings (SSSR count). The number of carbonyl (C=O) groups excluding carboxylic acids is 1. The first-order valence-corrected chi connectivity index (χ1v) is 7.62. The molecule has 4 nitrogen and oxygen atoms in total. The number of imidazole rings is 1. The van der Waals surface area contributed by atoms with Gasteiger partial charge in [0, 0.05) is 6.08 Å². The molecule has 0 fully saturated rings. The molecule has 116 valence electrons. The fourth-order valence-electron chi connectivity index (χ4n) is 2.45. The molecule has 2 N–H and O–H groups in total. The maximum atomic E-state index is 12.1. The molecule has 0 bridgehead atoms. The minimum atomic E-state index is -0.183. The van der Waals surface area contributed by atoms with Gasteiger partial charge in [-0.05, 0) is 37.6 Å². The van der Waals surface area contributed by atoms with E-state index >= 15 is 0 Å². The maximum absolute atomic E-state index is 12.1. The first kappa shape index (κ1) is 15.0. The van der Waals surface area contributed by atoms with Crippen LogP contribution in [-0.2, 0) is 4.79 Å². The molecule has 0 saturated heterocycles. The van der Waals surface area contributed by atoms with E-state index in [4.69, 9.17) is 0 Å². The highest BCUT2D eigenvalue weighted by molar-refractivity contribution is 5.92. The van der Waals surface area contributed by atoms with Gasteiger partial charge in [-0.25, -0.2) is 4.98 Å². The summed E-state index contributed by atoms with van der Waals surface area (Å²) in [5, 5.41) is 2.92. The van der Waals surface area contributed by atoms with Crippen molar-refractivity contribution in [3.05, 3.63) is 71.6 Å². The number of aromatic nitrogens is 2. The molecule has 4 heteroatoms. The van der Waals surface area contributed by atoms with Gasteiger partial charge in [-0.3, -0.25) is 4.79 Å². The lowest BCUT2D eigenvalue weighted by Gasteiger charge is -2.09. The lowest BCUT2D eigenvalue weighted by Crippen LogP contribution is -2.25. The second-order valence-corrected chi connectivity index (χ2v) is 5.62. The molecule has 1 unspecified atom stereocenters. The minimum absolute atomic E-state index is 0.139. The van der Waals surface area contributed by atoms with Crippen LogP contribution >= 0.6 is 0 Å². The van der Waals surface area contributed by atoms with Crippen molar-refractivity contribution < 1.29 is 4.79 Å². The lowest BCUT2D eigenvalue weighted by molar-refractivity contribution is -0.117. The third kappa shape index (κ3) is 3.66. The zero-order chi connectivity index (χ0) is 16.2. The number of rotatable bonds is 4. The van der Waals surface area contributed by atoms with E-state index < -0.39 is 0 Å². The normalized spacial score (nSPS) is 12.6. The lowest BCUT2D eigenvalue weighted by atomic mass is 10.1. The Hall–Kier alpha value is -2.88. The van der Waals surface area contributed by atoms with E-state index in [0.717, 1.165) is 22.4 Å². The number of amides is 1. The van der Waals surface area contributed by atoms with E-state index in [1.165, 1.54) is 5.56 Å². The summed E-state index contributed by atoms with van der Waals surface area (Å²) in [6.45, 7) is 3.94. The van der Waals surface area contributed by atoms with E-state index in [2.05, 4.69) is 15.3 Å². The third-order valence-corrected chi connectivity index (χ3v) is 3.65. The van der Waals surface area contributed by atoms with Crippen LogP contribution in [0.15, 0.2) is 54.6 Å². The van der Waals surface area contributed by atoms with Crippen LogP contribution in [0.1, 0.15) is 29.9 Å². The predicted molar refractivity (Wildman–Crippen MR) is 92.9 cm³/mol. The number of H-pyrrole nitrogens is 1. The van der Waals surface area contributed by atoms with Crippen molar-refractivity contribution in [1.82, 2.24) is 15.3 Å². The van der Waals surface area contributed by atoms with Gasteiger partial charge in [0.2, 0.25) is 5.91 Å². The molecule has 2 aromatic carbocycles. The standard InChI is InChI=1S/C19H19N3O/c1-13-6-5-7-15(12-13)10-11-18(23)20-14(2)19-21-16-8-3-4-9-17(16)22-19/h3-12,14H,1-2H3,(H,20,23)(H,21,22). The fraction of sp³-hybridized carbons (Fsp3) is 0.158. The van der Waals surface area contributed by atoms with Crippen molar-refractivity contribution in [3.63, 3.8) is 0 Å². The molecule has 0 aliphatic carbocycles. The van der Waals surface area contributed by atoms with Crippen molar-refractivity contribution in [2.75, 3.05) is 0 Å². The summed E-state index contributed by atoms with van der Waals surface area (Å²) in [5.74, 6) is 0.614. The monoisotopic (exact) mass is 305 g/mol. The van der Waals surface area contributed by atoms with Crippen molar-refractivity contribution in [1.29, 1.82) is 0 Å². The number of benzene rings is 2. The van der Waals surface area contributed by atoms with Gasteiger partial charge < -0.3 is 10.3 Å². The van der Waals surface area contributed by atoms with E-state index in [-0.39, 0.29) is 11.9 Å². The van der Waals surface area contributed by atoms with Gasteiger partial charge in [-0.15, -0.1) is 0 Å². The molecule has 0 saturated carbocycles. The highest BCUT2D eigenvalue weighted by Crippen LogP contribution is 2.15. The molecular formula is C19H19N3O. The Balaban J connectivity index is 1.67. The molecule has 1 amide bonds. The Morgan fingerprint density at radius 3 is 2.83 bits per heavy atom. The number of hydrogen-bond donors (Lipinski definition) is 2. The number of carbonyl (C=O) groups is 1. The molecular weight excluding hydrogens is 286 g/mol. The van der Waals surface area contributed by atoms with Gasteiger partial charge in [-0.2, -0.15) is 0 Å². The summed E-state index contributed by atoms with van der Waals surface area (Å²) < 4.78 is 0. The summed E-state index contributed by atoms with van der Waals surface area (Å²) >= 11 is 0. The van der Waals surface area contributed by atoms with E-state index in [1.807, 2.05) is 68.5 Å². The van der Waals surface area contributed by atoms with Crippen molar-refractivity contribution >= 4 is 23.0 Å². The number of nitrogens with zero attached hydrogens (tertiary/aromatic N) is 1. The van der Waals surface area contributed by atoms with Gasteiger partial charge in [-0.1, -0.05) is 42.0 Å². The Labute approximate surface area is 135 Å². The smallest absolute Gasteiger partial charge is 0.244 e. The molecule has 23 heavy (non-hydrogen) atoms. The van der Waals surface area contributed by atoms with Gasteiger partial charge in [0.05, 0.1) is 17.1 Å². The first-order valence-electron chi connectivity index (χ1n) is 7.62. The molecule has 0 spiro atoms. The average molecular weight is 305 g/mol. The molecule has 0 radical (unpaired) electrons. The van der Waals surface area contributed by atoms with Crippen molar-refractivity contribution in [2.24, 2.45) is 0 Å². The molecule has 3 aromatic rings. The zero-order valence-electron chi connectivity index (χ0n) is 13.2. The number of para-hydroxylation sites is 2. The maximum Gasteiger partial charge on any atom is 0.244 e. The number of hydrogen-bond acceptors (Lipinski definition) is 2. The van der Waals surface area contributed by atoms with Crippen LogP contribution in [0.5, 0.6) is 0 Å². The highest BCUT2D eigenvalue weighted by Gasteiger charge is 2.11. The quantitative estimate of drug-likeness (QED) is 0.721. The Kier molecular flexibility index (Phi) is 4.24. The Morgan fingerprint density at radius 2 is 2.04 bits per heavy atom. The molecule has 1 atom stereocenters. The Morgan fingerprint density at radius 1 is 1.22 bits per heavy atom. The summed E-state index contributed by atoms with van der Waals surface area (Å²) in [7, 11) is 0. The second kappa shape index (κ2) is 6.48. The van der Waals surface area contributed by atoms with E-state index in [1.54, 1.807) is 6.08 Å². The van der Waals surface area contributed by atoms with Gasteiger partial charge in [0.1, 0.15) is 5.82 Å². The SMILES string of the molecule is Cc1cccc(C=CC(=O)NC(C)c2nc3ccccc3[nH]2)c1. The largest absolute Gasteiger partial charge is 0.343 e. The van der Waals surface area contributed by atoms with Crippen molar-refractivity contribution in [3.8, 4) is 0 Å². The molecule has 0 aliphatic heterocycles. The van der Waals surface area contributed by atoms with Crippen LogP contribution in [0.3, 0.4) is 0 Å². The third-order valence-electron chi connectivity index (χ3n) is 3.65. The highest BCUT2D eigenvalue weighted by atomic mass is 16.1. The summed E-state index contributed by atoms with van der Waals surface area (Å²) in [5.41, 5.74) is 4.05. The number of fused-ring (bicyclic) bond motifs is 1. The fourth-order valence-corrected chi connectivity index (χ4v) is 2.45. The topological polar surface area (TPSA) is 57.8 Å². The van der Waals surface area contributed by atoms with Crippen LogP contribution in [0, 0.1) is 6.92 Å². The van der Waals surface area contributed by atoms with Crippen LogP contribution in [0.2, 0.25) is 0 Å². The van der Waals surface area contributed by atoms with Crippen LogP contribution in [-0.4, -0.2) is 15.9 Å². The van der Waals surface area contributed by atoms with Crippen LogP contribution in [0.4, 0.5) is 0 Å². The van der Waals surface area contributed by atoms with Crippen LogP contribution in [0.25, 0.3) is 17.1 Å². The van der Waals surface area contributed by atoms with Crippen molar-refractivity contribution in [2.45, 2.75) is 19.9 Å². The van der Waals surface area contributed by atoms with Gasteiger partial charge >= 0.3 is 0 Å². The molecule has 0 aliphatic rings. The second-order valence-electron chi connectivity index (χ2n) is 5.62. The number of nitrogens with one attached hydrogen (secondary N) is 2. The predicted octanol–water partition coefficient (Wildman–Crippen LogP) is 3.76. The van der Waals surface area contributed by atoms with E-state index in [0.29, 0.717) is 0 Å².